The van der Waals surface area contributed by atoms with Crippen molar-refractivity contribution in [2.75, 3.05) is 40.0 Å². The number of hydrogen-bond donors (Lipinski definition) is 2. The van der Waals surface area contributed by atoms with Crippen molar-refractivity contribution in [1.29, 1.82) is 0 Å². The molecule has 0 radical (unpaired) electrons. The van der Waals surface area contributed by atoms with Gasteiger partial charge in [-0.1, -0.05) is 0 Å². The molecule has 1 heterocycles. The van der Waals surface area contributed by atoms with E-state index in [1.807, 2.05) is 29.7 Å². The average Bonchev–Trinajstić information content (AvgIpc) is 2.91. The summed E-state index contributed by atoms with van der Waals surface area (Å²) in [6.07, 6.45) is 6.11. The minimum Gasteiger partial charge on any atom is -0.357 e. The molecular weight excluding hydrogens is 435 g/mol. The lowest BCUT2D eigenvalue weighted by Crippen LogP contribution is -2.42. The van der Waals surface area contributed by atoms with Crippen LogP contribution in [-0.2, 0) is 7.05 Å². The zero-order valence-electron chi connectivity index (χ0n) is 16.0. The monoisotopic (exact) mass is 468 g/mol. The van der Waals surface area contributed by atoms with Gasteiger partial charge in [-0.25, -0.2) is 0 Å². The number of aliphatic imine (C=N–C) groups is 1. The number of guanidine groups is 1. The Bertz CT molecular complexity index is 501. The zero-order chi connectivity index (χ0) is 17.5. The van der Waals surface area contributed by atoms with Gasteiger partial charge in [0.1, 0.15) is 0 Å². The molecule has 0 aliphatic rings. The second kappa shape index (κ2) is 11.2. The molecule has 0 aliphatic carbocycles. The largest absolute Gasteiger partial charge is 0.357 e. The highest BCUT2D eigenvalue weighted by Gasteiger charge is 2.18. The summed E-state index contributed by atoms with van der Waals surface area (Å²) in [5.74, 6) is 0.866. The summed E-state index contributed by atoms with van der Waals surface area (Å²) in [5.41, 5.74) is 1.20. The molecular formula is C16H33IN6S. The number of halogens is 1. The molecule has 0 fully saturated rings. The Balaban J connectivity index is 0.00000529. The fourth-order valence-corrected chi connectivity index (χ4v) is 2.27. The van der Waals surface area contributed by atoms with Crippen LogP contribution in [0.15, 0.2) is 17.4 Å². The first-order valence-electron chi connectivity index (χ1n) is 8.01. The third-order valence-corrected chi connectivity index (χ3v) is 4.94. The third kappa shape index (κ3) is 8.06. The number of hydrogen-bond acceptors (Lipinski definition) is 4. The van der Waals surface area contributed by atoms with Gasteiger partial charge >= 0.3 is 0 Å². The minimum absolute atomic E-state index is 0. The van der Waals surface area contributed by atoms with Crippen LogP contribution in [0.4, 0.5) is 0 Å². The second-order valence-electron chi connectivity index (χ2n) is 6.47. The lowest BCUT2D eigenvalue weighted by Gasteiger charge is -2.25. The van der Waals surface area contributed by atoms with E-state index in [1.54, 1.807) is 0 Å². The Kier molecular flexibility index (Phi) is 11.0. The van der Waals surface area contributed by atoms with Crippen molar-refractivity contribution in [3.8, 4) is 0 Å². The molecule has 1 unspecified atom stereocenters. The first-order chi connectivity index (χ1) is 10.8. The van der Waals surface area contributed by atoms with Crippen molar-refractivity contribution >= 4 is 41.7 Å². The molecule has 6 nitrogen and oxygen atoms in total. The molecule has 140 valence electrons. The minimum atomic E-state index is 0. The van der Waals surface area contributed by atoms with Crippen molar-refractivity contribution in [3.63, 3.8) is 0 Å². The summed E-state index contributed by atoms with van der Waals surface area (Å²) in [5, 5.41) is 11.1. The van der Waals surface area contributed by atoms with Gasteiger partial charge in [0.25, 0.3) is 0 Å². The summed E-state index contributed by atoms with van der Waals surface area (Å²) in [6.45, 7) is 8.92. The van der Waals surface area contributed by atoms with Gasteiger partial charge in [0.05, 0.1) is 18.8 Å². The molecule has 0 bridgehead atoms. The smallest absolute Gasteiger partial charge is 0.191 e. The first-order valence-corrected chi connectivity index (χ1v) is 9.24. The van der Waals surface area contributed by atoms with Gasteiger partial charge in [0.2, 0.25) is 0 Å². The number of aryl methyl sites for hydroxylation is 1. The Morgan fingerprint density at radius 3 is 2.54 bits per heavy atom. The van der Waals surface area contributed by atoms with Crippen LogP contribution in [0.5, 0.6) is 0 Å². The Morgan fingerprint density at radius 2 is 2.08 bits per heavy atom. The number of thioether (sulfide) groups is 1. The maximum atomic E-state index is 4.72. The maximum Gasteiger partial charge on any atom is 0.191 e. The van der Waals surface area contributed by atoms with Crippen LogP contribution in [0.3, 0.4) is 0 Å². The number of rotatable bonds is 8. The van der Waals surface area contributed by atoms with Crippen LogP contribution in [0, 0.1) is 0 Å². The molecule has 1 aromatic rings. The standard InChI is InChI=1S/C16H32N6S.HI/c1-8-17-15(19-12-16(2,3)23-7)18-10-14(21(4)5)13-9-20-22(6)11-13;/h9,11,14H,8,10,12H2,1-7H3,(H2,17,18,19);1H. The fraction of sp³-hybridized carbons (Fsp3) is 0.750. The summed E-state index contributed by atoms with van der Waals surface area (Å²) < 4.78 is 1.98. The van der Waals surface area contributed by atoms with E-state index in [0.717, 1.165) is 25.6 Å². The quantitative estimate of drug-likeness (QED) is 0.349. The van der Waals surface area contributed by atoms with Crippen molar-refractivity contribution in [3.05, 3.63) is 18.0 Å². The predicted molar refractivity (Wildman–Crippen MR) is 117 cm³/mol. The Morgan fingerprint density at radius 1 is 1.42 bits per heavy atom. The van der Waals surface area contributed by atoms with Crippen LogP contribution in [0.25, 0.3) is 0 Å². The van der Waals surface area contributed by atoms with Crippen molar-refractivity contribution < 1.29 is 0 Å². The molecule has 0 aliphatic heterocycles. The molecule has 0 spiro atoms. The van der Waals surface area contributed by atoms with Gasteiger partial charge < -0.3 is 15.5 Å². The van der Waals surface area contributed by atoms with Gasteiger partial charge in [0.15, 0.2) is 5.96 Å². The van der Waals surface area contributed by atoms with Crippen LogP contribution < -0.4 is 10.6 Å². The molecule has 0 amide bonds. The zero-order valence-corrected chi connectivity index (χ0v) is 19.1. The van der Waals surface area contributed by atoms with Crippen LogP contribution in [0.1, 0.15) is 32.4 Å². The average molecular weight is 468 g/mol. The normalized spacial score (nSPS) is 13.6. The highest BCUT2D eigenvalue weighted by Crippen LogP contribution is 2.21. The van der Waals surface area contributed by atoms with Crippen LogP contribution in [0.2, 0.25) is 0 Å². The van der Waals surface area contributed by atoms with Crippen molar-refractivity contribution in [2.24, 2.45) is 12.0 Å². The van der Waals surface area contributed by atoms with Gasteiger partial charge in [-0.15, -0.1) is 24.0 Å². The molecule has 0 saturated heterocycles. The Labute approximate surface area is 168 Å². The fourth-order valence-electron chi connectivity index (χ4n) is 2.08. The molecule has 1 rings (SSSR count). The summed E-state index contributed by atoms with van der Waals surface area (Å²) >= 11 is 1.83. The summed E-state index contributed by atoms with van der Waals surface area (Å²) in [6, 6.07) is 0.251. The van der Waals surface area contributed by atoms with E-state index >= 15 is 0 Å². The number of nitrogens with one attached hydrogen (secondary N) is 2. The summed E-state index contributed by atoms with van der Waals surface area (Å²) in [4.78, 5) is 6.91. The highest BCUT2D eigenvalue weighted by molar-refractivity contribution is 14.0. The molecule has 2 N–H and O–H groups in total. The predicted octanol–water partition coefficient (Wildman–Crippen LogP) is 2.34. The number of likely N-dealkylation sites (N-methyl/N-ethyl adjacent to an activating group) is 1. The molecule has 24 heavy (non-hydrogen) atoms. The van der Waals surface area contributed by atoms with Crippen molar-refractivity contribution in [1.82, 2.24) is 25.3 Å². The van der Waals surface area contributed by atoms with E-state index in [4.69, 9.17) is 4.99 Å². The van der Waals surface area contributed by atoms with E-state index in [2.05, 4.69) is 68.0 Å². The Hall–Kier alpha value is -0.480. The van der Waals surface area contributed by atoms with E-state index < -0.39 is 0 Å². The van der Waals surface area contributed by atoms with Gasteiger partial charge in [-0.2, -0.15) is 16.9 Å². The van der Waals surface area contributed by atoms with E-state index in [0.29, 0.717) is 0 Å². The van der Waals surface area contributed by atoms with Gasteiger partial charge in [0, 0.05) is 36.6 Å². The van der Waals surface area contributed by atoms with E-state index in [9.17, 15) is 0 Å². The first kappa shape index (κ1) is 23.5. The molecule has 8 heteroatoms. The molecule has 0 saturated carbocycles. The third-order valence-electron chi connectivity index (χ3n) is 3.71. The van der Waals surface area contributed by atoms with Gasteiger partial charge in [-0.05, 0) is 41.1 Å². The van der Waals surface area contributed by atoms with E-state index in [1.165, 1.54) is 5.56 Å². The van der Waals surface area contributed by atoms with Crippen LogP contribution in [-0.4, -0.2) is 65.4 Å². The lowest BCUT2D eigenvalue weighted by atomic mass is 10.1. The lowest BCUT2D eigenvalue weighted by molar-refractivity contribution is 0.298. The maximum absolute atomic E-state index is 4.72. The number of nitrogens with zero attached hydrogens (tertiary/aromatic N) is 4. The molecule has 0 aromatic carbocycles. The number of aromatic nitrogens is 2. The molecule has 1 atom stereocenters. The van der Waals surface area contributed by atoms with E-state index in [-0.39, 0.29) is 34.8 Å². The summed E-state index contributed by atoms with van der Waals surface area (Å²) in [7, 11) is 6.11. The van der Waals surface area contributed by atoms with Crippen molar-refractivity contribution in [2.45, 2.75) is 31.6 Å². The second-order valence-corrected chi connectivity index (χ2v) is 7.98. The topological polar surface area (TPSA) is 57.5 Å². The molecule has 1 aromatic heterocycles. The highest BCUT2D eigenvalue weighted by atomic mass is 127. The van der Waals surface area contributed by atoms with Gasteiger partial charge in [-0.3, -0.25) is 9.67 Å². The SMILES string of the molecule is CCNC(=NCC(C)(C)SC)NCC(c1cnn(C)c1)N(C)C.I. The van der Waals surface area contributed by atoms with Crippen LogP contribution >= 0.6 is 35.7 Å².